The van der Waals surface area contributed by atoms with E-state index in [0.717, 1.165) is 12.5 Å². The maximum Gasteiger partial charge on any atom is 0.00411 e. The van der Waals surface area contributed by atoms with Crippen LogP contribution in [0.3, 0.4) is 0 Å². The van der Waals surface area contributed by atoms with E-state index in [-0.39, 0.29) is 0 Å². The minimum atomic E-state index is 0.694. The quantitative estimate of drug-likeness (QED) is 0.466. The molecule has 0 saturated carbocycles. The van der Waals surface area contributed by atoms with Gasteiger partial charge in [0.2, 0.25) is 0 Å². The van der Waals surface area contributed by atoms with Crippen molar-refractivity contribution >= 4 is 0 Å². The lowest BCUT2D eigenvalue weighted by Gasteiger charge is -2.17. The van der Waals surface area contributed by atoms with Crippen LogP contribution in [0.2, 0.25) is 0 Å². The fourth-order valence-corrected chi connectivity index (χ4v) is 2.60. The standard InChI is InChI=1S/C16H35N/c1-5-7-8-9-10-11-12-13-15(3)14-16(4)17-6-2/h15-17H,5-14H2,1-4H3. The van der Waals surface area contributed by atoms with E-state index in [1.165, 1.54) is 57.8 Å². The third kappa shape index (κ3) is 12.2. The summed E-state index contributed by atoms with van der Waals surface area (Å²) in [6.45, 7) is 10.3. The molecule has 0 aromatic heterocycles. The van der Waals surface area contributed by atoms with Gasteiger partial charge in [0, 0.05) is 6.04 Å². The van der Waals surface area contributed by atoms with E-state index in [0.29, 0.717) is 6.04 Å². The second kappa shape index (κ2) is 12.4. The van der Waals surface area contributed by atoms with E-state index in [9.17, 15) is 0 Å². The second-order valence-electron chi connectivity index (χ2n) is 5.71. The third-order valence-electron chi connectivity index (χ3n) is 3.61. The number of unbranched alkanes of at least 4 members (excludes halogenated alkanes) is 6. The highest BCUT2D eigenvalue weighted by Crippen LogP contribution is 2.16. The highest BCUT2D eigenvalue weighted by Gasteiger charge is 2.07. The van der Waals surface area contributed by atoms with Gasteiger partial charge in [-0.25, -0.2) is 0 Å². The number of hydrogen-bond acceptors (Lipinski definition) is 1. The molecule has 1 heteroatoms. The SMILES string of the molecule is CCCCCCCCCC(C)CC(C)NCC. The molecule has 0 bridgehead atoms. The molecule has 0 aromatic rings. The van der Waals surface area contributed by atoms with Gasteiger partial charge in [0.25, 0.3) is 0 Å². The lowest BCUT2D eigenvalue weighted by molar-refractivity contribution is 0.393. The molecule has 2 unspecified atom stereocenters. The zero-order valence-corrected chi connectivity index (χ0v) is 12.7. The minimum absolute atomic E-state index is 0.694. The Kier molecular flexibility index (Phi) is 12.4. The van der Waals surface area contributed by atoms with Gasteiger partial charge in [-0.2, -0.15) is 0 Å². The van der Waals surface area contributed by atoms with Crippen LogP contribution in [0.1, 0.15) is 85.5 Å². The van der Waals surface area contributed by atoms with Crippen LogP contribution in [-0.2, 0) is 0 Å². The molecular formula is C16H35N. The van der Waals surface area contributed by atoms with Crippen molar-refractivity contribution in [2.24, 2.45) is 5.92 Å². The van der Waals surface area contributed by atoms with Gasteiger partial charge in [0.15, 0.2) is 0 Å². The molecule has 17 heavy (non-hydrogen) atoms. The Bertz CT molecular complexity index is 144. The Morgan fingerprint density at radius 1 is 0.824 bits per heavy atom. The van der Waals surface area contributed by atoms with E-state index in [1.54, 1.807) is 0 Å². The summed E-state index contributed by atoms with van der Waals surface area (Å²) in [5.74, 6) is 0.889. The monoisotopic (exact) mass is 241 g/mol. The summed E-state index contributed by atoms with van der Waals surface area (Å²) in [7, 11) is 0. The molecule has 0 heterocycles. The molecule has 0 aliphatic carbocycles. The zero-order chi connectivity index (χ0) is 12.9. The second-order valence-corrected chi connectivity index (χ2v) is 5.71. The Morgan fingerprint density at radius 3 is 2.00 bits per heavy atom. The van der Waals surface area contributed by atoms with Crippen LogP contribution in [0, 0.1) is 5.92 Å². The highest BCUT2D eigenvalue weighted by molar-refractivity contribution is 4.64. The summed E-state index contributed by atoms with van der Waals surface area (Å²) in [5.41, 5.74) is 0. The molecule has 0 aliphatic heterocycles. The van der Waals surface area contributed by atoms with Gasteiger partial charge in [-0.15, -0.1) is 0 Å². The minimum Gasteiger partial charge on any atom is -0.315 e. The zero-order valence-electron chi connectivity index (χ0n) is 12.7. The Labute approximate surface area is 110 Å². The Hall–Kier alpha value is -0.0400. The van der Waals surface area contributed by atoms with E-state index < -0.39 is 0 Å². The van der Waals surface area contributed by atoms with Crippen LogP contribution in [0.5, 0.6) is 0 Å². The van der Waals surface area contributed by atoms with E-state index in [4.69, 9.17) is 0 Å². The average Bonchev–Trinajstić information content (AvgIpc) is 2.28. The van der Waals surface area contributed by atoms with Gasteiger partial charge in [-0.3, -0.25) is 0 Å². The Morgan fingerprint density at radius 2 is 1.41 bits per heavy atom. The molecule has 0 fully saturated rings. The lowest BCUT2D eigenvalue weighted by atomic mass is 9.96. The summed E-state index contributed by atoms with van der Waals surface area (Å²) in [5, 5.41) is 3.50. The first kappa shape index (κ1) is 17.0. The van der Waals surface area contributed by atoms with Crippen LogP contribution in [0.4, 0.5) is 0 Å². The molecule has 0 amide bonds. The molecule has 0 saturated heterocycles. The molecule has 0 radical (unpaired) electrons. The molecular weight excluding hydrogens is 206 g/mol. The van der Waals surface area contributed by atoms with Crippen molar-refractivity contribution in [3.63, 3.8) is 0 Å². The number of nitrogens with one attached hydrogen (secondary N) is 1. The number of hydrogen-bond donors (Lipinski definition) is 1. The molecule has 0 spiro atoms. The summed E-state index contributed by atoms with van der Waals surface area (Å²) in [4.78, 5) is 0. The first-order chi connectivity index (χ1) is 8.20. The molecule has 2 atom stereocenters. The van der Waals surface area contributed by atoms with Crippen molar-refractivity contribution in [3.8, 4) is 0 Å². The molecule has 0 rings (SSSR count). The van der Waals surface area contributed by atoms with Gasteiger partial charge in [0.1, 0.15) is 0 Å². The summed E-state index contributed by atoms with van der Waals surface area (Å²) < 4.78 is 0. The maximum atomic E-state index is 3.50. The molecule has 1 nitrogen and oxygen atoms in total. The smallest absolute Gasteiger partial charge is 0.00411 e. The van der Waals surface area contributed by atoms with Crippen LogP contribution in [-0.4, -0.2) is 12.6 Å². The number of rotatable bonds is 12. The molecule has 0 aliphatic rings. The van der Waals surface area contributed by atoms with Gasteiger partial charge in [-0.1, -0.05) is 72.1 Å². The van der Waals surface area contributed by atoms with Gasteiger partial charge in [0.05, 0.1) is 0 Å². The summed E-state index contributed by atoms with van der Waals surface area (Å²) in [6, 6.07) is 0.694. The highest BCUT2D eigenvalue weighted by atomic mass is 14.9. The van der Waals surface area contributed by atoms with Crippen molar-refractivity contribution in [3.05, 3.63) is 0 Å². The molecule has 0 aromatic carbocycles. The van der Waals surface area contributed by atoms with Crippen LogP contribution < -0.4 is 5.32 Å². The molecule has 104 valence electrons. The largest absolute Gasteiger partial charge is 0.315 e. The Balaban J connectivity index is 3.24. The molecule has 1 N–H and O–H groups in total. The van der Waals surface area contributed by atoms with E-state index in [1.807, 2.05) is 0 Å². The van der Waals surface area contributed by atoms with Gasteiger partial charge < -0.3 is 5.32 Å². The van der Waals surface area contributed by atoms with E-state index in [2.05, 4.69) is 33.0 Å². The van der Waals surface area contributed by atoms with Crippen molar-refractivity contribution < 1.29 is 0 Å². The van der Waals surface area contributed by atoms with Crippen molar-refractivity contribution in [2.45, 2.75) is 91.5 Å². The fraction of sp³-hybridized carbons (Fsp3) is 1.00. The van der Waals surface area contributed by atoms with Crippen molar-refractivity contribution in [1.29, 1.82) is 0 Å². The summed E-state index contributed by atoms with van der Waals surface area (Å²) >= 11 is 0. The van der Waals surface area contributed by atoms with Crippen LogP contribution >= 0.6 is 0 Å². The lowest BCUT2D eigenvalue weighted by Crippen LogP contribution is -2.27. The predicted molar refractivity (Wildman–Crippen MR) is 79.5 cm³/mol. The normalized spacial score (nSPS) is 14.8. The van der Waals surface area contributed by atoms with Crippen molar-refractivity contribution in [1.82, 2.24) is 5.32 Å². The van der Waals surface area contributed by atoms with Gasteiger partial charge in [-0.05, 0) is 25.8 Å². The van der Waals surface area contributed by atoms with E-state index >= 15 is 0 Å². The summed E-state index contributed by atoms with van der Waals surface area (Å²) in [6.07, 6.45) is 12.8. The topological polar surface area (TPSA) is 12.0 Å². The van der Waals surface area contributed by atoms with Crippen molar-refractivity contribution in [2.75, 3.05) is 6.54 Å². The third-order valence-corrected chi connectivity index (χ3v) is 3.61. The van der Waals surface area contributed by atoms with Crippen LogP contribution in [0.25, 0.3) is 0 Å². The average molecular weight is 241 g/mol. The first-order valence-corrected chi connectivity index (χ1v) is 7.94. The van der Waals surface area contributed by atoms with Gasteiger partial charge >= 0.3 is 0 Å². The first-order valence-electron chi connectivity index (χ1n) is 7.94. The predicted octanol–water partition coefficient (Wildman–Crippen LogP) is 5.15. The fourth-order valence-electron chi connectivity index (χ4n) is 2.60. The maximum absolute atomic E-state index is 3.50. The van der Waals surface area contributed by atoms with Crippen LogP contribution in [0.15, 0.2) is 0 Å².